The van der Waals surface area contributed by atoms with E-state index in [4.69, 9.17) is 0 Å². The Bertz CT molecular complexity index is 960. The summed E-state index contributed by atoms with van der Waals surface area (Å²) < 4.78 is 13.2. The number of aryl methyl sites for hydroxylation is 1. The van der Waals surface area contributed by atoms with Crippen molar-refractivity contribution in [1.82, 2.24) is 10.2 Å². The zero-order chi connectivity index (χ0) is 19.2. The molecule has 0 saturated carbocycles. The third kappa shape index (κ3) is 5.21. The summed E-state index contributed by atoms with van der Waals surface area (Å²) in [4.78, 5) is 24.2. The van der Waals surface area contributed by atoms with Gasteiger partial charge in [-0.05, 0) is 37.3 Å². The Morgan fingerprint density at radius 1 is 1.00 bits per heavy atom. The molecule has 3 aromatic rings. The first kappa shape index (κ1) is 18.7. The van der Waals surface area contributed by atoms with Crippen molar-refractivity contribution in [3.05, 3.63) is 83.2 Å². The van der Waals surface area contributed by atoms with Gasteiger partial charge in [0.15, 0.2) is 11.6 Å². The number of aromatic nitrogens is 2. The molecule has 0 aliphatic carbocycles. The molecule has 0 aliphatic heterocycles. The molecule has 0 spiro atoms. The molecule has 2 aromatic carbocycles. The molecule has 0 atom stereocenters. The number of hydrogen-bond acceptors (Lipinski definition) is 5. The van der Waals surface area contributed by atoms with Gasteiger partial charge in [0, 0.05) is 11.1 Å². The van der Waals surface area contributed by atoms with Crippen LogP contribution in [0.5, 0.6) is 0 Å². The molecular formula is C20H16FN3O2S. The molecule has 0 saturated heterocycles. The molecule has 0 unspecified atom stereocenters. The summed E-state index contributed by atoms with van der Waals surface area (Å²) in [6, 6.07) is 16.0. The minimum atomic E-state index is -0.487. The van der Waals surface area contributed by atoms with Crippen molar-refractivity contribution in [2.45, 2.75) is 11.9 Å². The van der Waals surface area contributed by atoms with Crippen molar-refractivity contribution in [3.63, 3.8) is 0 Å². The van der Waals surface area contributed by atoms with E-state index in [1.165, 1.54) is 30.0 Å². The quantitative estimate of drug-likeness (QED) is 0.513. The van der Waals surface area contributed by atoms with E-state index < -0.39 is 11.7 Å². The molecule has 7 heteroatoms. The van der Waals surface area contributed by atoms with Gasteiger partial charge in [0.1, 0.15) is 10.8 Å². The molecule has 5 nitrogen and oxygen atoms in total. The van der Waals surface area contributed by atoms with Crippen LogP contribution >= 0.6 is 11.8 Å². The van der Waals surface area contributed by atoms with Gasteiger partial charge in [-0.25, -0.2) is 4.39 Å². The Labute approximate surface area is 160 Å². The fourth-order valence-corrected chi connectivity index (χ4v) is 2.95. The van der Waals surface area contributed by atoms with Crippen molar-refractivity contribution in [1.29, 1.82) is 0 Å². The molecule has 136 valence electrons. The fraction of sp³-hybridized carbons (Fsp3) is 0.100. The van der Waals surface area contributed by atoms with Crippen molar-refractivity contribution in [3.8, 4) is 0 Å². The van der Waals surface area contributed by atoms with Gasteiger partial charge in [-0.1, -0.05) is 47.7 Å². The molecule has 1 amide bonds. The monoisotopic (exact) mass is 381 g/mol. The third-order valence-corrected chi connectivity index (χ3v) is 4.61. The second-order valence-electron chi connectivity index (χ2n) is 5.80. The topological polar surface area (TPSA) is 72.0 Å². The normalized spacial score (nSPS) is 10.4. The number of rotatable bonds is 6. The number of ketones is 1. The van der Waals surface area contributed by atoms with Gasteiger partial charge in [-0.15, -0.1) is 10.2 Å². The number of carbonyl (C=O) groups excluding carboxylic acids is 2. The highest BCUT2D eigenvalue weighted by molar-refractivity contribution is 7.99. The Hall–Kier alpha value is -3.06. The van der Waals surface area contributed by atoms with E-state index >= 15 is 0 Å². The smallest absolute Gasteiger partial charge is 0.256 e. The van der Waals surface area contributed by atoms with Gasteiger partial charge < -0.3 is 5.32 Å². The highest BCUT2D eigenvalue weighted by Crippen LogP contribution is 2.18. The summed E-state index contributed by atoms with van der Waals surface area (Å²) >= 11 is 1.27. The number of hydrogen-bond donors (Lipinski definition) is 1. The number of carbonyl (C=O) groups is 2. The average molecular weight is 381 g/mol. The van der Waals surface area contributed by atoms with E-state index in [2.05, 4.69) is 15.5 Å². The molecule has 1 heterocycles. The average Bonchev–Trinajstić information content (AvgIpc) is 2.68. The van der Waals surface area contributed by atoms with E-state index in [-0.39, 0.29) is 22.9 Å². The van der Waals surface area contributed by atoms with Crippen LogP contribution in [0.3, 0.4) is 0 Å². The van der Waals surface area contributed by atoms with Crippen molar-refractivity contribution in [2.75, 3.05) is 11.1 Å². The molecule has 27 heavy (non-hydrogen) atoms. The number of thioether (sulfide) groups is 1. The molecule has 0 bridgehead atoms. The second kappa shape index (κ2) is 8.55. The Kier molecular flexibility index (Phi) is 5.93. The van der Waals surface area contributed by atoms with Gasteiger partial charge in [0.25, 0.3) is 5.91 Å². The van der Waals surface area contributed by atoms with Crippen LogP contribution in [0.4, 0.5) is 10.2 Å². The minimum absolute atomic E-state index is 0.00489. The number of benzene rings is 2. The lowest BCUT2D eigenvalue weighted by molar-refractivity contribution is 0.101. The molecule has 1 aromatic heterocycles. The Morgan fingerprint density at radius 2 is 1.78 bits per heavy atom. The predicted octanol–water partition coefficient (Wildman–Crippen LogP) is 4.15. The Balaban J connectivity index is 1.56. The van der Waals surface area contributed by atoms with Crippen LogP contribution in [0.15, 0.2) is 65.7 Å². The number of nitrogens with zero attached hydrogens (tertiary/aromatic N) is 2. The highest BCUT2D eigenvalue weighted by Gasteiger charge is 2.10. The van der Waals surface area contributed by atoms with Crippen LogP contribution in [0.25, 0.3) is 0 Å². The van der Waals surface area contributed by atoms with Gasteiger partial charge in [0.05, 0.1) is 5.75 Å². The molecular weight excluding hydrogens is 365 g/mol. The molecule has 3 rings (SSSR count). The molecule has 1 N–H and O–H groups in total. The predicted molar refractivity (Wildman–Crippen MR) is 103 cm³/mol. The number of halogens is 1. The van der Waals surface area contributed by atoms with Crippen molar-refractivity contribution in [2.24, 2.45) is 0 Å². The first-order valence-electron chi connectivity index (χ1n) is 8.14. The first-order valence-corrected chi connectivity index (χ1v) is 9.13. The molecule has 0 radical (unpaired) electrons. The lowest BCUT2D eigenvalue weighted by Gasteiger charge is -2.05. The largest absolute Gasteiger partial charge is 0.305 e. The maximum Gasteiger partial charge on any atom is 0.256 e. The summed E-state index contributed by atoms with van der Waals surface area (Å²) in [6.45, 7) is 1.97. The summed E-state index contributed by atoms with van der Waals surface area (Å²) in [6.07, 6.45) is 0. The minimum Gasteiger partial charge on any atom is -0.305 e. The van der Waals surface area contributed by atoms with Crippen LogP contribution in [-0.2, 0) is 0 Å². The van der Waals surface area contributed by atoms with E-state index in [0.717, 1.165) is 11.6 Å². The van der Waals surface area contributed by atoms with Crippen LogP contribution < -0.4 is 5.32 Å². The van der Waals surface area contributed by atoms with Gasteiger partial charge >= 0.3 is 0 Å². The SMILES string of the molecule is Cc1ccc(C(=O)CSc2ccc(NC(=O)c3cccc(F)c3)nn2)cc1. The van der Waals surface area contributed by atoms with E-state index in [9.17, 15) is 14.0 Å². The first-order chi connectivity index (χ1) is 13.0. The number of anilines is 1. The maximum atomic E-state index is 13.2. The van der Waals surface area contributed by atoms with Crippen LogP contribution in [0.2, 0.25) is 0 Å². The van der Waals surface area contributed by atoms with E-state index in [0.29, 0.717) is 10.6 Å². The summed E-state index contributed by atoms with van der Waals surface area (Å²) in [7, 11) is 0. The summed E-state index contributed by atoms with van der Waals surface area (Å²) in [5, 5.41) is 11.0. The number of nitrogens with one attached hydrogen (secondary N) is 1. The lowest BCUT2D eigenvalue weighted by Crippen LogP contribution is -2.13. The summed E-state index contributed by atoms with van der Waals surface area (Å²) in [5.74, 6) is -0.464. The second-order valence-corrected chi connectivity index (χ2v) is 6.79. The number of amides is 1. The molecule has 0 aliphatic rings. The van der Waals surface area contributed by atoms with Crippen molar-refractivity contribution >= 4 is 29.3 Å². The number of Topliss-reactive ketones (excluding diaryl/α,β-unsaturated/α-hetero) is 1. The van der Waals surface area contributed by atoms with E-state index in [1.807, 2.05) is 19.1 Å². The lowest BCUT2D eigenvalue weighted by atomic mass is 10.1. The van der Waals surface area contributed by atoms with Gasteiger partial charge in [0.2, 0.25) is 0 Å². The maximum absolute atomic E-state index is 13.2. The van der Waals surface area contributed by atoms with Crippen LogP contribution in [-0.4, -0.2) is 27.6 Å². The van der Waals surface area contributed by atoms with Crippen molar-refractivity contribution < 1.29 is 14.0 Å². The highest BCUT2D eigenvalue weighted by atomic mass is 32.2. The molecule has 0 fully saturated rings. The van der Waals surface area contributed by atoms with Crippen LogP contribution in [0, 0.1) is 12.7 Å². The van der Waals surface area contributed by atoms with Gasteiger partial charge in [-0.3, -0.25) is 9.59 Å². The Morgan fingerprint density at radius 3 is 2.44 bits per heavy atom. The zero-order valence-corrected chi connectivity index (χ0v) is 15.3. The van der Waals surface area contributed by atoms with E-state index in [1.54, 1.807) is 24.3 Å². The zero-order valence-electron chi connectivity index (χ0n) is 14.5. The summed E-state index contributed by atoms with van der Waals surface area (Å²) in [5.41, 5.74) is 1.94. The third-order valence-electron chi connectivity index (χ3n) is 3.69. The standard InChI is InChI=1S/C20H16FN3O2S/c1-13-5-7-14(8-6-13)17(25)12-27-19-10-9-18(23-24-19)22-20(26)15-3-2-4-16(21)11-15/h2-11H,12H2,1H3,(H,22,23,26). The van der Waals surface area contributed by atoms with Gasteiger partial charge in [-0.2, -0.15) is 0 Å². The van der Waals surface area contributed by atoms with Crippen LogP contribution in [0.1, 0.15) is 26.3 Å². The fourth-order valence-electron chi connectivity index (χ4n) is 2.24.